The van der Waals surface area contributed by atoms with Gasteiger partial charge in [0.1, 0.15) is 17.7 Å². The van der Waals surface area contributed by atoms with Gasteiger partial charge in [-0.2, -0.15) is 0 Å². The third-order valence-corrected chi connectivity index (χ3v) is 7.69. The number of aromatic nitrogens is 4. The van der Waals surface area contributed by atoms with Crippen LogP contribution in [-0.2, 0) is 11.2 Å². The van der Waals surface area contributed by atoms with Crippen molar-refractivity contribution < 1.29 is 14.3 Å². The van der Waals surface area contributed by atoms with Gasteiger partial charge in [-0.1, -0.05) is 12.1 Å². The van der Waals surface area contributed by atoms with Gasteiger partial charge in [0.05, 0.1) is 23.9 Å². The zero-order valence-corrected chi connectivity index (χ0v) is 20.0. The zero-order valence-electron chi connectivity index (χ0n) is 20.0. The molecule has 2 aliphatic rings. The van der Waals surface area contributed by atoms with Crippen LogP contribution in [0.2, 0.25) is 0 Å². The maximum Gasteiger partial charge on any atom is 0.229 e. The monoisotopic (exact) mass is 481 g/mol. The summed E-state index contributed by atoms with van der Waals surface area (Å²) >= 11 is 0. The first-order valence-electron chi connectivity index (χ1n) is 12.2. The Bertz CT molecular complexity index is 1210. The minimum absolute atomic E-state index is 0.102. The molecule has 10 heteroatoms. The number of likely N-dealkylation sites (tertiary alicyclic amines) is 2. The maximum absolute atomic E-state index is 14.1. The smallest absolute Gasteiger partial charge is 0.229 e. The fourth-order valence-corrected chi connectivity index (χ4v) is 5.60. The summed E-state index contributed by atoms with van der Waals surface area (Å²) in [7, 11) is 2.06. The molecule has 35 heavy (non-hydrogen) atoms. The van der Waals surface area contributed by atoms with Crippen LogP contribution in [0.3, 0.4) is 0 Å². The Balaban J connectivity index is 1.38. The molecule has 9 nitrogen and oxygen atoms in total. The van der Waals surface area contributed by atoms with Gasteiger partial charge in [0.2, 0.25) is 5.91 Å². The summed E-state index contributed by atoms with van der Waals surface area (Å²) in [5.41, 5.74) is 7.30. The van der Waals surface area contributed by atoms with E-state index in [-0.39, 0.29) is 17.8 Å². The molecule has 2 atom stereocenters. The summed E-state index contributed by atoms with van der Waals surface area (Å²) in [5, 5.41) is 11.0. The molecular formula is C25H32FN7O2. The predicted molar refractivity (Wildman–Crippen MR) is 130 cm³/mol. The van der Waals surface area contributed by atoms with Crippen molar-refractivity contribution in [1.29, 1.82) is 0 Å². The topological polar surface area (TPSA) is 113 Å². The van der Waals surface area contributed by atoms with Crippen LogP contribution in [0.5, 0.6) is 0 Å². The lowest BCUT2D eigenvalue weighted by atomic mass is 9.72. The number of fused-ring (bicyclic) bond motifs is 1. The molecular weight excluding hydrogens is 449 g/mol. The van der Waals surface area contributed by atoms with Crippen LogP contribution in [0.15, 0.2) is 36.9 Å². The number of imidazole rings is 1. The van der Waals surface area contributed by atoms with E-state index in [1.165, 1.54) is 18.5 Å². The lowest BCUT2D eigenvalue weighted by molar-refractivity contribution is -0.145. The number of aliphatic hydroxyl groups is 1. The number of carbonyl (C=O) groups is 1. The van der Waals surface area contributed by atoms with Gasteiger partial charge in [-0.15, -0.1) is 0 Å². The van der Waals surface area contributed by atoms with E-state index >= 15 is 0 Å². The lowest BCUT2D eigenvalue weighted by Gasteiger charge is -2.42. The number of nitrogen functional groups attached to an aromatic ring is 1. The number of aliphatic hydroxyl groups excluding tert-OH is 1. The fourth-order valence-electron chi connectivity index (χ4n) is 5.60. The summed E-state index contributed by atoms with van der Waals surface area (Å²) in [5.74, 6) is 0.121. The third-order valence-electron chi connectivity index (χ3n) is 7.69. The van der Waals surface area contributed by atoms with Crippen LogP contribution in [-0.4, -0.2) is 79.7 Å². The number of carbonyl (C=O) groups excluding carboxylic acids is 1. The van der Waals surface area contributed by atoms with Crippen molar-refractivity contribution in [3.05, 3.63) is 48.3 Å². The largest absolute Gasteiger partial charge is 0.391 e. The molecule has 186 valence electrons. The van der Waals surface area contributed by atoms with Gasteiger partial charge < -0.3 is 25.2 Å². The number of nitrogens with two attached hydrogens (primary N) is 1. The summed E-state index contributed by atoms with van der Waals surface area (Å²) in [6.45, 7) is 2.63. The molecule has 0 saturated carbocycles. The Morgan fingerprint density at radius 1 is 1.17 bits per heavy atom. The van der Waals surface area contributed by atoms with Crippen molar-refractivity contribution in [3.8, 4) is 0 Å². The molecule has 0 unspecified atom stereocenters. The molecule has 0 radical (unpaired) electrons. The first-order valence-corrected chi connectivity index (χ1v) is 12.2. The van der Waals surface area contributed by atoms with Crippen molar-refractivity contribution in [2.45, 2.75) is 44.2 Å². The van der Waals surface area contributed by atoms with Crippen molar-refractivity contribution >= 4 is 22.9 Å². The molecule has 3 N–H and O–H groups in total. The molecule has 3 aromatic rings. The van der Waals surface area contributed by atoms with Crippen LogP contribution in [0.1, 0.15) is 37.3 Å². The van der Waals surface area contributed by atoms with Crippen LogP contribution in [0, 0.1) is 11.2 Å². The number of benzene rings is 1. The van der Waals surface area contributed by atoms with Crippen LogP contribution >= 0.6 is 0 Å². The number of rotatable bonds is 4. The van der Waals surface area contributed by atoms with Gasteiger partial charge in [0.25, 0.3) is 0 Å². The number of nitrogens with zero attached hydrogens (tertiary/aromatic N) is 6. The van der Waals surface area contributed by atoms with Crippen LogP contribution in [0.25, 0.3) is 11.2 Å². The SMILES string of the molecule is CN1CCC(Cc2cccc(F)c2)(C(=O)N2CC[C@H](O)[C@@H](n3cnc4c(N)ncnc43)CC2)CC1. The van der Waals surface area contributed by atoms with E-state index in [1.54, 1.807) is 12.4 Å². The Labute approximate surface area is 203 Å². The molecule has 2 aromatic heterocycles. The Kier molecular flexibility index (Phi) is 6.41. The molecule has 2 fully saturated rings. The number of halogens is 1. The minimum atomic E-state index is -0.655. The second kappa shape index (κ2) is 9.50. The molecule has 0 bridgehead atoms. The maximum atomic E-state index is 14.1. The summed E-state index contributed by atoms with van der Waals surface area (Å²) in [6, 6.07) is 6.30. The molecule has 0 aliphatic carbocycles. The molecule has 5 rings (SSSR count). The first-order chi connectivity index (χ1) is 16.9. The number of anilines is 1. The standard InChI is InChI=1S/C25H32FN7O2/c1-31-11-7-25(8-12-31,14-17-3-2-4-18(26)13-17)24(35)32-9-5-19(20(34)6-10-32)33-16-30-21-22(27)28-15-29-23(21)33/h2-4,13,15-16,19-20,34H,5-12,14H2,1H3,(H2,27,28,29)/t19-,20-/m0/s1. The van der Waals surface area contributed by atoms with E-state index in [4.69, 9.17) is 5.73 Å². The average Bonchev–Trinajstić information content (AvgIpc) is 3.18. The van der Waals surface area contributed by atoms with Crippen molar-refractivity contribution in [3.63, 3.8) is 0 Å². The first kappa shape index (κ1) is 23.6. The van der Waals surface area contributed by atoms with Crippen molar-refractivity contribution in [1.82, 2.24) is 29.3 Å². The number of hydrogen-bond donors (Lipinski definition) is 2. The van der Waals surface area contributed by atoms with Crippen LogP contribution < -0.4 is 5.73 Å². The highest BCUT2D eigenvalue weighted by molar-refractivity contribution is 5.83. The molecule has 4 heterocycles. The highest BCUT2D eigenvalue weighted by Crippen LogP contribution is 2.38. The van der Waals surface area contributed by atoms with Gasteiger partial charge >= 0.3 is 0 Å². The van der Waals surface area contributed by atoms with Gasteiger partial charge in [-0.3, -0.25) is 4.79 Å². The second-order valence-corrected chi connectivity index (χ2v) is 9.98. The fraction of sp³-hybridized carbons (Fsp3) is 0.520. The third kappa shape index (κ3) is 4.60. The van der Waals surface area contributed by atoms with E-state index in [1.807, 2.05) is 15.5 Å². The molecule has 2 aliphatic heterocycles. The molecule has 1 amide bonds. The van der Waals surface area contributed by atoms with E-state index in [9.17, 15) is 14.3 Å². The zero-order chi connectivity index (χ0) is 24.6. The highest BCUT2D eigenvalue weighted by Gasteiger charge is 2.44. The van der Waals surface area contributed by atoms with E-state index in [2.05, 4.69) is 26.9 Å². The van der Waals surface area contributed by atoms with E-state index < -0.39 is 11.5 Å². The minimum Gasteiger partial charge on any atom is -0.391 e. The van der Waals surface area contributed by atoms with Gasteiger partial charge in [-0.25, -0.2) is 19.3 Å². The van der Waals surface area contributed by atoms with Gasteiger partial charge in [-0.05, 0) is 69.9 Å². The van der Waals surface area contributed by atoms with Crippen molar-refractivity contribution in [2.24, 2.45) is 5.41 Å². The Morgan fingerprint density at radius 3 is 2.71 bits per heavy atom. The summed E-state index contributed by atoms with van der Waals surface area (Å²) in [6.07, 6.45) is 5.37. The number of piperidine rings is 1. The second-order valence-electron chi connectivity index (χ2n) is 9.98. The van der Waals surface area contributed by atoms with E-state index in [0.717, 1.165) is 31.5 Å². The normalized spacial score (nSPS) is 23.3. The van der Waals surface area contributed by atoms with Gasteiger partial charge in [0, 0.05) is 13.1 Å². The van der Waals surface area contributed by atoms with Gasteiger partial charge in [0.15, 0.2) is 11.5 Å². The Morgan fingerprint density at radius 2 is 1.94 bits per heavy atom. The number of amides is 1. The lowest BCUT2D eigenvalue weighted by Crippen LogP contribution is -2.51. The summed E-state index contributed by atoms with van der Waals surface area (Å²) in [4.78, 5) is 30.8. The summed E-state index contributed by atoms with van der Waals surface area (Å²) < 4.78 is 15.8. The molecule has 0 spiro atoms. The average molecular weight is 482 g/mol. The molecule has 2 saturated heterocycles. The molecule has 1 aromatic carbocycles. The van der Waals surface area contributed by atoms with Crippen LogP contribution in [0.4, 0.5) is 10.2 Å². The predicted octanol–water partition coefficient (Wildman–Crippen LogP) is 2.03. The Hall–Kier alpha value is -3.11. The van der Waals surface area contributed by atoms with E-state index in [0.29, 0.717) is 49.3 Å². The quantitative estimate of drug-likeness (QED) is 0.586. The van der Waals surface area contributed by atoms with Crippen molar-refractivity contribution in [2.75, 3.05) is 39.0 Å². The number of hydrogen-bond acceptors (Lipinski definition) is 7. The highest BCUT2D eigenvalue weighted by atomic mass is 19.1.